The lowest BCUT2D eigenvalue weighted by Crippen LogP contribution is -2.43. The normalized spacial score (nSPS) is 21.4. The van der Waals surface area contributed by atoms with Crippen LogP contribution >= 0.6 is 0 Å². The van der Waals surface area contributed by atoms with Crippen LogP contribution in [-0.2, 0) is 27.8 Å². The van der Waals surface area contributed by atoms with Crippen molar-refractivity contribution in [3.05, 3.63) is 29.6 Å². The quantitative estimate of drug-likeness (QED) is 0.732. The summed E-state index contributed by atoms with van der Waals surface area (Å²) in [5.41, 5.74) is 4.27. The van der Waals surface area contributed by atoms with E-state index in [9.17, 15) is 18.0 Å². The van der Waals surface area contributed by atoms with Crippen LogP contribution in [0, 0.1) is 0 Å². The summed E-state index contributed by atoms with van der Waals surface area (Å²) < 4.78 is 53.0. The SMILES string of the molecule is CC(C)(C)OC(=O)N1CC[C@]2(C1)OCCn1nc(-c3cnc(N)c(C(F)(F)F)c3)cc12. The van der Waals surface area contributed by atoms with E-state index in [-0.39, 0.29) is 12.1 Å². The lowest BCUT2D eigenvalue weighted by molar-refractivity contribution is -0.137. The van der Waals surface area contributed by atoms with Gasteiger partial charge in [-0.25, -0.2) is 9.78 Å². The first-order valence-electron chi connectivity index (χ1n) is 9.91. The minimum Gasteiger partial charge on any atom is -0.444 e. The second-order valence-corrected chi connectivity index (χ2v) is 8.79. The maximum Gasteiger partial charge on any atom is 0.419 e. The van der Waals surface area contributed by atoms with Crippen LogP contribution in [0.25, 0.3) is 11.3 Å². The number of rotatable bonds is 1. The molecule has 0 unspecified atom stereocenters. The van der Waals surface area contributed by atoms with E-state index in [0.717, 1.165) is 6.07 Å². The molecule has 4 heterocycles. The first-order valence-corrected chi connectivity index (χ1v) is 9.91. The highest BCUT2D eigenvalue weighted by Gasteiger charge is 2.47. The Kier molecular flexibility index (Phi) is 4.91. The molecule has 31 heavy (non-hydrogen) atoms. The fourth-order valence-electron chi connectivity index (χ4n) is 3.93. The number of alkyl halides is 3. The maximum absolute atomic E-state index is 13.2. The highest BCUT2D eigenvalue weighted by Crippen LogP contribution is 2.41. The zero-order valence-corrected chi connectivity index (χ0v) is 17.5. The van der Waals surface area contributed by atoms with E-state index in [1.807, 2.05) is 0 Å². The highest BCUT2D eigenvalue weighted by molar-refractivity contribution is 5.69. The molecule has 2 N–H and O–H groups in total. The van der Waals surface area contributed by atoms with Crippen molar-refractivity contribution in [1.29, 1.82) is 0 Å². The average molecular weight is 439 g/mol. The number of nitrogens with zero attached hydrogens (tertiary/aromatic N) is 4. The number of nitrogen functional groups attached to an aromatic ring is 1. The molecular weight excluding hydrogens is 415 g/mol. The predicted molar refractivity (Wildman–Crippen MR) is 105 cm³/mol. The van der Waals surface area contributed by atoms with Gasteiger partial charge in [0.15, 0.2) is 0 Å². The zero-order chi connectivity index (χ0) is 22.6. The number of carbonyl (C=O) groups is 1. The molecule has 11 heteroatoms. The Balaban J connectivity index is 1.64. The van der Waals surface area contributed by atoms with E-state index >= 15 is 0 Å². The third-order valence-electron chi connectivity index (χ3n) is 5.33. The molecule has 0 aliphatic carbocycles. The number of aromatic nitrogens is 3. The van der Waals surface area contributed by atoms with Gasteiger partial charge in [-0.3, -0.25) is 4.68 Å². The number of likely N-dealkylation sites (tertiary alicyclic amines) is 1. The van der Waals surface area contributed by atoms with Crippen LogP contribution in [-0.4, -0.2) is 51.1 Å². The van der Waals surface area contributed by atoms with Gasteiger partial charge in [0.25, 0.3) is 0 Å². The Morgan fingerprint density at radius 2 is 2.00 bits per heavy atom. The van der Waals surface area contributed by atoms with Gasteiger partial charge in [0.1, 0.15) is 17.0 Å². The minimum absolute atomic E-state index is 0.209. The van der Waals surface area contributed by atoms with E-state index in [2.05, 4.69) is 10.1 Å². The van der Waals surface area contributed by atoms with E-state index < -0.39 is 34.9 Å². The molecule has 1 atom stereocenters. The molecule has 2 aromatic rings. The zero-order valence-electron chi connectivity index (χ0n) is 17.5. The summed E-state index contributed by atoms with van der Waals surface area (Å²) in [5.74, 6) is -0.580. The Hall–Kier alpha value is -2.82. The molecule has 8 nitrogen and oxygen atoms in total. The third-order valence-corrected chi connectivity index (χ3v) is 5.33. The van der Waals surface area contributed by atoms with Crippen molar-refractivity contribution in [2.24, 2.45) is 0 Å². The molecule has 0 saturated carbocycles. The summed E-state index contributed by atoms with van der Waals surface area (Å²) in [4.78, 5) is 17.8. The summed E-state index contributed by atoms with van der Waals surface area (Å²) in [5, 5.41) is 4.48. The molecule has 1 amide bonds. The molecule has 2 aliphatic rings. The van der Waals surface area contributed by atoms with Gasteiger partial charge in [-0.2, -0.15) is 18.3 Å². The number of ether oxygens (including phenoxy) is 2. The van der Waals surface area contributed by atoms with Gasteiger partial charge in [-0.15, -0.1) is 0 Å². The van der Waals surface area contributed by atoms with Crippen LogP contribution < -0.4 is 5.73 Å². The van der Waals surface area contributed by atoms with Crippen molar-refractivity contribution in [2.75, 3.05) is 25.4 Å². The summed E-state index contributed by atoms with van der Waals surface area (Å²) in [7, 11) is 0. The fourth-order valence-corrected chi connectivity index (χ4v) is 3.93. The van der Waals surface area contributed by atoms with Gasteiger partial charge in [-0.1, -0.05) is 0 Å². The van der Waals surface area contributed by atoms with Crippen molar-refractivity contribution in [2.45, 2.75) is 51.1 Å². The van der Waals surface area contributed by atoms with Gasteiger partial charge < -0.3 is 20.1 Å². The Morgan fingerprint density at radius 3 is 2.68 bits per heavy atom. The van der Waals surface area contributed by atoms with Crippen molar-refractivity contribution >= 4 is 11.9 Å². The first-order chi connectivity index (χ1) is 14.4. The number of amides is 1. The van der Waals surface area contributed by atoms with Gasteiger partial charge in [0.05, 0.1) is 36.6 Å². The molecule has 1 fully saturated rings. The van der Waals surface area contributed by atoms with Gasteiger partial charge in [0.2, 0.25) is 0 Å². The molecule has 0 radical (unpaired) electrons. The first kappa shape index (κ1) is 21.4. The smallest absolute Gasteiger partial charge is 0.419 e. The summed E-state index contributed by atoms with van der Waals surface area (Å²) in [6.07, 6.45) is -3.24. The molecule has 1 spiro atoms. The van der Waals surface area contributed by atoms with E-state index in [0.29, 0.717) is 37.5 Å². The predicted octanol–water partition coefficient (Wildman–Crippen LogP) is 3.41. The second-order valence-electron chi connectivity index (χ2n) is 8.79. The van der Waals surface area contributed by atoms with Crippen molar-refractivity contribution in [3.8, 4) is 11.3 Å². The highest BCUT2D eigenvalue weighted by atomic mass is 19.4. The van der Waals surface area contributed by atoms with Gasteiger partial charge in [0, 0.05) is 24.7 Å². The molecule has 1 saturated heterocycles. The van der Waals surface area contributed by atoms with Crippen LogP contribution in [0.5, 0.6) is 0 Å². The number of anilines is 1. The van der Waals surface area contributed by atoms with E-state index in [1.54, 1.807) is 36.4 Å². The number of hydrogen-bond acceptors (Lipinski definition) is 6. The van der Waals surface area contributed by atoms with Crippen LogP contribution in [0.4, 0.5) is 23.8 Å². The number of nitrogens with two attached hydrogens (primary N) is 1. The second kappa shape index (κ2) is 7.11. The van der Waals surface area contributed by atoms with Crippen LogP contribution in [0.3, 0.4) is 0 Å². The lowest BCUT2D eigenvalue weighted by atomic mass is 9.96. The Labute approximate surface area is 177 Å². The molecule has 168 valence electrons. The topological polar surface area (TPSA) is 95.5 Å². The summed E-state index contributed by atoms with van der Waals surface area (Å²) >= 11 is 0. The number of halogens is 3. The standard InChI is InChI=1S/C20H24F3N5O3/c1-18(2,3)31-17(29)27-5-4-19(11-27)15-9-14(26-28(15)6-7-30-19)12-8-13(20(21,22)23)16(24)25-10-12/h8-10H,4-7,11H2,1-3H3,(H2,24,25)/t19-/m1/s1. The molecular formula is C20H24F3N5O3. The molecule has 2 aromatic heterocycles. The summed E-state index contributed by atoms with van der Waals surface area (Å²) in [6, 6.07) is 2.65. The van der Waals surface area contributed by atoms with Crippen LogP contribution in [0.1, 0.15) is 38.4 Å². The van der Waals surface area contributed by atoms with Crippen LogP contribution in [0.15, 0.2) is 18.3 Å². The number of carbonyl (C=O) groups excluding carboxylic acids is 1. The number of hydrogen-bond donors (Lipinski definition) is 1. The molecule has 4 rings (SSSR count). The van der Waals surface area contributed by atoms with Gasteiger partial charge >= 0.3 is 12.3 Å². The minimum atomic E-state index is -4.61. The van der Waals surface area contributed by atoms with Crippen LogP contribution in [0.2, 0.25) is 0 Å². The third kappa shape index (κ3) is 4.06. The van der Waals surface area contributed by atoms with E-state index in [4.69, 9.17) is 15.2 Å². The molecule has 0 aromatic carbocycles. The average Bonchev–Trinajstić information content (AvgIpc) is 3.26. The van der Waals surface area contributed by atoms with E-state index in [1.165, 1.54) is 6.20 Å². The Bertz CT molecular complexity index is 1010. The van der Waals surface area contributed by atoms with Crippen molar-refractivity contribution in [3.63, 3.8) is 0 Å². The van der Waals surface area contributed by atoms with Gasteiger partial charge in [-0.05, 0) is 32.9 Å². The number of fused-ring (bicyclic) bond motifs is 2. The maximum atomic E-state index is 13.2. The number of pyridine rings is 1. The molecule has 2 aliphatic heterocycles. The largest absolute Gasteiger partial charge is 0.444 e. The lowest BCUT2D eigenvalue weighted by Gasteiger charge is -2.34. The van der Waals surface area contributed by atoms with Crippen molar-refractivity contribution in [1.82, 2.24) is 19.7 Å². The monoisotopic (exact) mass is 439 g/mol. The summed E-state index contributed by atoms with van der Waals surface area (Å²) in [6.45, 7) is 6.95. The molecule has 0 bridgehead atoms. The van der Waals surface area contributed by atoms with Crippen molar-refractivity contribution < 1.29 is 27.4 Å². The Morgan fingerprint density at radius 1 is 1.26 bits per heavy atom. The fraction of sp³-hybridized carbons (Fsp3) is 0.550.